The second-order valence-electron chi connectivity index (χ2n) is 3.86. The highest BCUT2D eigenvalue weighted by Gasteiger charge is 2.42. The largest absolute Gasteiger partial charge is 0.508 e. The van der Waals surface area contributed by atoms with Crippen molar-refractivity contribution in [3.63, 3.8) is 0 Å². The second-order valence-corrected chi connectivity index (χ2v) is 3.86. The standard InChI is InChI=1S/C11H11FO3/c12-11(10(14)15)5-4-8-7(6-11)2-1-3-9(8)13/h1-3,13H,4-6H2,(H,14,15). The summed E-state index contributed by atoms with van der Waals surface area (Å²) < 4.78 is 13.8. The molecule has 2 N–H and O–H groups in total. The summed E-state index contributed by atoms with van der Waals surface area (Å²) in [5.74, 6) is -1.29. The lowest BCUT2D eigenvalue weighted by Crippen LogP contribution is -2.39. The number of aromatic hydroxyl groups is 1. The van der Waals surface area contributed by atoms with E-state index in [-0.39, 0.29) is 25.0 Å². The topological polar surface area (TPSA) is 57.5 Å². The minimum absolute atomic E-state index is 0.0765. The van der Waals surface area contributed by atoms with Crippen molar-refractivity contribution >= 4 is 5.97 Å². The molecule has 1 aromatic rings. The molecule has 80 valence electrons. The van der Waals surface area contributed by atoms with Gasteiger partial charge < -0.3 is 10.2 Å². The summed E-state index contributed by atoms with van der Waals surface area (Å²) in [6.45, 7) is 0. The van der Waals surface area contributed by atoms with Crippen LogP contribution in [-0.4, -0.2) is 21.9 Å². The lowest BCUT2D eigenvalue weighted by Gasteiger charge is -2.27. The Kier molecular flexibility index (Phi) is 2.14. The van der Waals surface area contributed by atoms with Crippen molar-refractivity contribution in [1.82, 2.24) is 0 Å². The van der Waals surface area contributed by atoms with Crippen LogP contribution in [0.15, 0.2) is 18.2 Å². The van der Waals surface area contributed by atoms with Crippen molar-refractivity contribution < 1.29 is 19.4 Å². The number of carbonyl (C=O) groups is 1. The van der Waals surface area contributed by atoms with Crippen molar-refractivity contribution in [3.05, 3.63) is 29.3 Å². The zero-order valence-corrected chi connectivity index (χ0v) is 8.03. The number of phenolic OH excluding ortho intramolecular Hbond substituents is 1. The van der Waals surface area contributed by atoms with Gasteiger partial charge in [-0.05, 0) is 30.0 Å². The SMILES string of the molecule is O=C(O)C1(F)CCc2c(O)cccc2C1. The van der Waals surface area contributed by atoms with Crippen molar-refractivity contribution in [2.24, 2.45) is 0 Å². The number of carboxylic acids is 1. The summed E-state index contributed by atoms with van der Waals surface area (Å²) in [4.78, 5) is 10.7. The first-order valence-electron chi connectivity index (χ1n) is 4.75. The highest BCUT2D eigenvalue weighted by molar-refractivity contribution is 5.78. The number of alkyl halides is 1. The van der Waals surface area contributed by atoms with Crippen LogP contribution >= 0.6 is 0 Å². The van der Waals surface area contributed by atoms with Crippen LogP contribution in [0.25, 0.3) is 0 Å². The molecule has 0 saturated carbocycles. The third-order valence-electron chi connectivity index (χ3n) is 2.87. The number of fused-ring (bicyclic) bond motifs is 1. The van der Waals surface area contributed by atoms with Gasteiger partial charge in [0.05, 0.1) is 0 Å². The Hall–Kier alpha value is -1.58. The van der Waals surface area contributed by atoms with Crippen molar-refractivity contribution in [2.45, 2.75) is 24.9 Å². The molecule has 0 fully saturated rings. The Balaban J connectivity index is 2.39. The van der Waals surface area contributed by atoms with Crippen LogP contribution in [0.2, 0.25) is 0 Å². The third kappa shape index (κ3) is 1.56. The molecule has 1 aromatic carbocycles. The fourth-order valence-corrected chi connectivity index (χ4v) is 1.97. The van der Waals surface area contributed by atoms with Crippen LogP contribution in [0.1, 0.15) is 17.5 Å². The third-order valence-corrected chi connectivity index (χ3v) is 2.87. The quantitative estimate of drug-likeness (QED) is 0.741. The number of halogens is 1. The normalized spacial score (nSPS) is 24.6. The van der Waals surface area contributed by atoms with Crippen molar-refractivity contribution in [2.75, 3.05) is 0 Å². The Morgan fingerprint density at radius 3 is 2.87 bits per heavy atom. The van der Waals surface area contributed by atoms with Crippen molar-refractivity contribution in [3.8, 4) is 5.75 Å². The first-order chi connectivity index (χ1) is 7.03. The summed E-state index contributed by atoms with van der Waals surface area (Å²) >= 11 is 0. The summed E-state index contributed by atoms with van der Waals surface area (Å²) in [5.41, 5.74) is -0.918. The van der Waals surface area contributed by atoms with Gasteiger partial charge in [0.1, 0.15) is 5.75 Å². The molecule has 0 saturated heterocycles. The molecule has 0 spiro atoms. The molecule has 0 bridgehead atoms. The van der Waals surface area contributed by atoms with Gasteiger partial charge >= 0.3 is 5.97 Å². The van der Waals surface area contributed by atoms with Gasteiger partial charge in [-0.15, -0.1) is 0 Å². The number of hydrogen-bond donors (Lipinski definition) is 2. The van der Waals surface area contributed by atoms with Gasteiger partial charge in [0.15, 0.2) is 0 Å². The Morgan fingerprint density at radius 1 is 1.47 bits per heavy atom. The first kappa shape index (κ1) is 9.96. The van der Waals surface area contributed by atoms with Crippen LogP contribution in [0.5, 0.6) is 5.75 Å². The molecule has 2 rings (SSSR count). The van der Waals surface area contributed by atoms with E-state index in [1.165, 1.54) is 6.07 Å². The lowest BCUT2D eigenvalue weighted by atomic mass is 9.81. The maximum atomic E-state index is 13.8. The molecule has 0 radical (unpaired) electrons. The molecule has 0 amide bonds. The zero-order valence-electron chi connectivity index (χ0n) is 8.03. The summed E-state index contributed by atoms with van der Waals surface area (Å²) in [5, 5.41) is 18.3. The molecule has 3 nitrogen and oxygen atoms in total. The average molecular weight is 210 g/mol. The monoisotopic (exact) mass is 210 g/mol. The van der Waals surface area contributed by atoms with Crippen LogP contribution in [0.4, 0.5) is 4.39 Å². The van der Waals surface area contributed by atoms with Crippen molar-refractivity contribution in [1.29, 1.82) is 0 Å². The Bertz CT molecular complexity index is 416. The van der Waals surface area contributed by atoms with E-state index >= 15 is 0 Å². The molecule has 4 heteroatoms. The molecule has 1 atom stereocenters. The fraction of sp³-hybridized carbons (Fsp3) is 0.364. The fourth-order valence-electron chi connectivity index (χ4n) is 1.97. The molecular formula is C11H11FO3. The van der Waals surface area contributed by atoms with Crippen LogP contribution < -0.4 is 0 Å². The molecule has 15 heavy (non-hydrogen) atoms. The van der Waals surface area contributed by atoms with E-state index in [1.807, 2.05) is 0 Å². The van der Waals surface area contributed by atoms with E-state index in [0.29, 0.717) is 11.1 Å². The van der Waals surface area contributed by atoms with E-state index in [0.717, 1.165) is 0 Å². The van der Waals surface area contributed by atoms with Crippen LogP contribution in [-0.2, 0) is 17.6 Å². The average Bonchev–Trinajstić information content (AvgIpc) is 2.17. The van der Waals surface area contributed by atoms with E-state index in [1.54, 1.807) is 12.1 Å². The molecule has 1 unspecified atom stereocenters. The number of aliphatic carboxylic acids is 1. The van der Waals surface area contributed by atoms with Crippen LogP contribution in [0, 0.1) is 0 Å². The summed E-state index contributed by atoms with van der Waals surface area (Å²) in [6, 6.07) is 4.79. The van der Waals surface area contributed by atoms with Gasteiger partial charge in [0.25, 0.3) is 0 Å². The Labute approximate surface area is 86.2 Å². The predicted octanol–water partition coefficient (Wildman–Crippen LogP) is 1.67. The van der Waals surface area contributed by atoms with E-state index in [2.05, 4.69) is 0 Å². The summed E-state index contributed by atoms with van der Waals surface area (Å²) in [7, 11) is 0. The molecule has 1 aliphatic carbocycles. The molecule has 1 aliphatic rings. The van der Waals surface area contributed by atoms with E-state index in [9.17, 15) is 14.3 Å². The van der Waals surface area contributed by atoms with Gasteiger partial charge in [0, 0.05) is 6.42 Å². The molecule has 0 heterocycles. The second kappa shape index (κ2) is 3.22. The molecule has 0 aromatic heterocycles. The number of carboxylic acid groups (broad SMARTS) is 1. The Morgan fingerprint density at radius 2 is 2.20 bits per heavy atom. The van der Waals surface area contributed by atoms with E-state index in [4.69, 9.17) is 5.11 Å². The van der Waals surface area contributed by atoms with Gasteiger partial charge in [-0.3, -0.25) is 0 Å². The molecular weight excluding hydrogens is 199 g/mol. The number of rotatable bonds is 1. The highest BCUT2D eigenvalue weighted by atomic mass is 19.1. The van der Waals surface area contributed by atoms with Gasteiger partial charge in [-0.25, -0.2) is 9.18 Å². The maximum Gasteiger partial charge on any atom is 0.341 e. The summed E-state index contributed by atoms with van der Waals surface area (Å²) in [6.07, 6.45) is 0.0315. The minimum atomic E-state index is -2.18. The number of hydrogen-bond acceptors (Lipinski definition) is 2. The lowest BCUT2D eigenvalue weighted by molar-refractivity contribution is -0.151. The number of phenols is 1. The maximum absolute atomic E-state index is 13.8. The van der Waals surface area contributed by atoms with Gasteiger partial charge in [0.2, 0.25) is 5.67 Å². The van der Waals surface area contributed by atoms with Crippen LogP contribution in [0.3, 0.4) is 0 Å². The smallest absolute Gasteiger partial charge is 0.341 e. The van der Waals surface area contributed by atoms with Gasteiger partial charge in [-0.1, -0.05) is 12.1 Å². The van der Waals surface area contributed by atoms with E-state index < -0.39 is 11.6 Å². The number of benzene rings is 1. The predicted molar refractivity (Wildman–Crippen MR) is 51.6 cm³/mol. The highest BCUT2D eigenvalue weighted by Crippen LogP contribution is 2.35. The molecule has 0 aliphatic heterocycles. The van der Waals surface area contributed by atoms with Gasteiger partial charge in [-0.2, -0.15) is 0 Å². The zero-order chi connectivity index (χ0) is 11.1. The minimum Gasteiger partial charge on any atom is -0.508 e. The first-order valence-corrected chi connectivity index (χ1v) is 4.75.